The van der Waals surface area contributed by atoms with Crippen LogP contribution in [0.15, 0.2) is 30.9 Å². The van der Waals surface area contributed by atoms with Gasteiger partial charge in [-0.1, -0.05) is 6.07 Å². The van der Waals surface area contributed by atoms with Crippen molar-refractivity contribution in [3.63, 3.8) is 0 Å². The number of epoxide rings is 1. The van der Waals surface area contributed by atoms with E-state index in [1.807, 2.05) is 6.92 Å². The summed E-state index contributed by atoms with van der Waals surface area (Å²) in [6.45, 7) is 2.26. The molecule has 2 heterocycles. The zero-order chi connectivity index (χ0) is 12.8. The van der Waals surface area contributed by atoms with Crippen molar-refractivity contribution in [3.05, 3.63) is 48.1 Å². The van der Waals surface area contributed by atoms with Gasteiger partial charge in [0, 0.05) is 11.6 Å². The van der Waals surface area contributed by atoms with Crippen molar-refractivity contribution < 1.29 is 13.5 Å². The highest BCUT2D eigenvalue weighted by molar-refractivity contribution is 5.31. The Bertz CT molecular complexity index is 573. The third-order valence-electron chi connectivity index (χ3n) is 3.26. The van der Waals surface area contributed by atoms with Crippen LogP contribution in [0.25, 0.3) is 0 Å². The third-order valence-corrected chi connectivity index (χ3v) is 3.26. The second kappa shape index (κ2) is 3.84. The van der Waals surface area contributed by atoms with Gasteiger partial charge in [0.1, 0.15) is 29.9 Å². The fourth-order valence-corrected chi connectivity index (χ4v) is 2.22. The van der Waals surface area contributed by atoms with Gasteiger partial charge in [-0.3, -0.25) is 0 Å². The fourth-order valence-electron chi connectivity index (χ4n) is 2.22. The first kappa shape index (κ1) is 11.3. The summed E-state index contributed by atoms with van der Waals surface area (Å²) in [5, 5.41) is 7.39. The molecule has 0 N–H and O–H groups in total. The Kier molecular flexibility index (Phi) is 2.41. The first-order chi connectivity index (χ1) is 8.62. The Labute approximate surface area is 102 Å². The van der Waals surface area contributed by atoms with Crippen LogP contribution in [-0.2, 0) is 16.9 Å². The van der Waals surface area contributed by atoms with Gasteiger partial charge in [0.05, 0.1) is 12.6 Å². The summed E-state index contributed by atoms with van der Waals surface area (Å²) in [5.74, 6) is -1.18. The number of nitrogens with zero attached hydrogens (tertiary/aromatic N) is 3. The Morgan fingerprint density at radius 1 is 1.33 bits per heavy atom. The maximum atomic E-state index is 13.8. The van der Waals surface area contributed by atoms with Crippen LogP contribution in [0.1, 0.15) is 12.5 Å². The molecule has 0 amide bonds. The van der Waals surface area contributed by atoms with Gasteiger partial charge in [-0.15, -0.1) is 10.2 Å². The van der Waals surface area contributed by atoms with Crippen molar-refractivity contribution in [2.75, 3.05) is 0 Å². The molecule has 1 aromatic heterocycles. The predicted octanol–water partition coefficient (Wildman–Crippen LogP) is 1.87. The first-order valence-electron chi connectivity index (χ1n) is 5.57. The highest BCUT2D eigenvalue weighted by Gasteiger charge is 2.56. The van der Waals surface area contributed by atoms with E-state index < -0.39 is 17.2 Å². The second-order valence-electron chi connectivity index (χ2n) is 4.41. The summed E-state index contributed by atoms with van der Waals surface area (Å²) >= 11 is 0. The van der Waals surface area contributed by atoms with Gasteiger partial charge in [0.2, 0.25) is 0 Å². The predicted molar refractivity (Wildman–Crippen MR) is 58.6 cm³/mol. The van der Waals surface area contributed by atoms with Crippen molar-refractivity contribution in [1.82, 2.24) is 14.8 Å². The Morgan fingerprint density at radius 2 is 2.00 bits per heavy atom. The van der Waals surface area contributed by atoms with Gasteiger partial charge in [0.15, 0.2) is 0 Å². The van der Waals surface area contributed by atoms with Crippen LogP contribution in [0.3, 0.4) is 0 Å². The summed E-state index contributed by atoms with van der Waals surface area (Å²) in [6, 6.07) is 3.54. The van der Waals surface area contributed by atoms with Gasteiger partial charge in [-0.05, 0) is 13.0 Å². The van der Waals surface area contributed by atoms with Crippen molar-refractivity contribution in [1.29, 1.82) is 0 Å². The van der Waals surface area contributed by atoms with E-state index in [0.717, 1.165) is 6.07 Å². The Balaban J connectivity index is 1.97. The number of benzene rings is 1. The summed E-state index contributed by atoms with van der Waals surface area (Å²) in [7, 11) is 0. The molecule has 2 aromatic rings. The average molecular weight is 251 g/mol. The minimum atomic E-state index is -0.750. The van der Waals surface area contributed by atoms with Crippen LogP contribution in [0, 0.1) is 11.6 Å². The number of halogens is 2. The van der Waals surface area contributed by atoms with Gasteiger partial charge in [0.25, 0.3) is 0 Å². The molecule has 18 heavy (non-hydrogen) atoms. The van der Waals surface area contributed by atoms with E-state index in [1.54, 1.807) is 4.57 Å². The molecule has 1 saturated heterocycles. The molecule has 94 valence electrons. The van der Waals surface area contributed by atoms with Gasteiger partial charge < -0.3 is 9.30 Å². The average Bonchev–Trinajstić information content (AvgIpc) is 2.75. The van der Waals surface area contributed by atoms with Crippen molar-refractivity contribution >= 4 is 0 Å². The van der Waals surface area contributed by atoms with Crippen LogP contribution in [0.5, 0.6) is 0 Å². The van der Waals surface area contributed by atoms with E-state index in [2.05, 4.69) is 10.2 Å². The SMILES string of the molecule is CC1O[C@@]1(Cn1cnnc1)c1ccc(F)cc1F. The lowest BCUT2D eigenvalue weighted by Gasteiger charge is -2.14. The van der Waals surface area contributed by atoms with E-state index in [9.17, 15) is 8.78 Å². The maximum absolute atomic E-state index is 13.8. The molecule has 1 aliphatic heterocycles. The van der Waals surface area contributed by atoms with Crippen LogP contribution in [0.2, 0.25) is 0 Å². The molecular weight excluding hydrogens is 240 g/mol. The van der Waals surface area contributed by atoms with E-state index in [0.29, 0.717) is 12.1 Å². The number of hydrogen-bond donors (Lipinski definition) is 0. The minimum absolute atomic E-state index is 0.125. The third kappa shape index (κ3) is 1.69. The smallest absolute Gasteiger partial charge is 0.140 e. The van der Waals surface area contributed by atoms with Crippen LogP contribution in [0.4, 0.5) is 8.78 Å². The van der Waals surface area contributed by atoms with Gasteiger partial charge in [-0.25, -0.2) is 8.78 Å². The summed E-state index contributed by atoms with van der Waals surface area (Å²) in [5.41, 5.74) is -0.384. The molecule has 2 atom stereocenters. The van der Waals surface area contributed by atoms with E-state index in [1.165, 1.54) is 24.8 Å². The number of aromatic nitrogens is 3. The molecule has 6 heteroatoms. The molecule has 1 aliphatic rings. The molecule has 1 fully saturated rings. The van der Waals surface area contributed by atoms with Crippen LogP contribution in [-0.4, -0.2) is 20.9 Å². The molecule has 0 bridgehead atoms. The maximum Gasteiger partial charge on any atom is 0.140 e. The van der Waals surface area contributed by atoms with E-state index in [4.69, 9.17) is 4.74 Å². The van der Waals surface area contributed by atoms with Crippen molar-refractivity contribution in [2.24, 2.45) is 0 Å². The Morgan fingerprint density at radius 3 is 2.56 bits per heavy atom. The number of hydrogen-bond acceptors (Lipinski definition) is 3. The normalized spacial score (nSPS) is 26.3. The zero-order valence-electron chi connectivity index (χ0n) is 9.68. The summed E-state index contributed by atoms with van der Waals surface area (Å²) < 4.78 is 34.0. The van der Waals surface area contributed by atoms with E-state index >= 15 is 0 Å². The molecule has 0 radical (unpaired) electrons. The molecule has 3 rings (SSSR count). The van der Waals surface area contributed by atoms with Crippen LogP contribution < -0.4 is 0 Å². The second-order valence-corrected chi connectivity index (χ2v) is 4.41. The standard InChI is InChI=1S/C12H11F2N3O/c1-8-12(18-8,5-17-6-15-16-7-17)10-3-2-9(13)4-11(10)14/h2-4,6-8H,5H2,1H3/t8?,12-/m1/s1. The highest BCUT2D eigenvalue weighted by atomic mass is 19.1. The lowest BCUT2D eigenvalue weighted by molar-refractivity contribution is 0.264. The molecule has 4 nitrogen and oxygen atoms in total. The zero-order valence-corrected chi connectivity index (χ0v) is 9.68. The largest absolute Gasteiger partial charge is 0.359 e. The highest BCUT2D eigenvalue weighted by Crippen LogP contribution is 2.48. The van der Waals surface area contributed by atoms with E-state index in [-0.39, 0.29) is 6.10 Å². The van der Waals surface area contributed by atoms with Gasteiger partial charge in [-0.2, -0.15) is 0 Å². The topological polar surface area (TPSA) is 43.2 Å². The molecule has 0 aliphatic carbocycles. The molecule has 0 saturated carbocycles. The first-order valence-corrected chi connectivity index (χ1v) is 5.57. The summed E-state index contributed by atoms with van der Waals surface area (Å²) in [6.07, 6.45) is 2.95. The molecule has 1 aromatic carbocycles. The molecular formula is C12H11F2N3O. The molecule has 1 unspecified atom stereocenters. The Hall–Kier alpha value is -1.82. The van der Waals surface area contributed by atoms with Crippen molar-refractivity contribution in [3.8, 4) is 0 Å². The molecule has 0 spiro atoms. The monoisotopic (exact) mass is 251 g/mol. The lowest BCUT2D eigenvalue weighted by atomic mass is 9.95. The number of rotatable bonds is 3. The van der Waals surface area contributed by atoms with Gasteiger partial charge >= 0.3 is 0 Å². The quantitative estimate of drug-likeness (QED) is 0.782. The number of ether oxygens (including phenoxy) is 1. The lowest BCUT2D eigenvalue weighted by Crippen LogP contribution is -2.21. The van der Waals surface area contributed by atoms with Crippen molar-refractivity contribution in [2.45, 2.75) is 25.2 Å². The summed E-state index contributed by atoms with van der Waals surface area (Å²) in [4.78, 5) is 0. The fraction of sp³-hybridized carbons (Fsp3) is 0.333. The van der Waals surface area contributed by atoms with Crippen LogP contribution >= 0.6 is 0 Å². The minimum Gasteiger partial charge on any atom is -0.359 e.